The quantitative estimate of drug-likeness (QED) is 0.536. The molecule has 2 aromatic rings. The molecule has 0 fully saturated rings. The van der Waals surface area contributed by atoms with Crippen LogP contribution in [-0.2, 0) is 22.6 Å². The molecule has 0 saturated heterocycles. The molecule has 140 valence electrons. The maximum atomic E-state index is 13.4. The number of nitrogens with one attached hydrogen (secondary N) is 1. The number of hydrogen-bond donors (Lipinski definition) is 3. The van der Waals surface area contributed by atoms with Crippen molar-refractivity contribution in [2.75, 3.05) is 13.7 Å². The number of aliphatic carboxylic acids is 2. The number of carbonyl (C=O) groups is 2. The second-order valence-corrected chi connectivity index (χ2v) is 5.09. The Morgan fingerprint density at radius 1 is 1.04 bits per heavy atom. The van der Waals surface area contributed by atoms with Gasteiger partial charge in [-0.25, -0.2) is 18.4 Å². The summed E-state index contributed by atoms with van der Waals surface area (Å²) in [6.45, 7) is 0.823. The van der Waals surface area contributed by atoms with Crippen LogP contribution < -0.4 is 10.1 Å². The van der Waals surface area contributed by atoms with Crippen molar-refractivity contribution in [3.8, 4) is 5.75 Å². The van der Waals surface area contributed by atoms with E-state index in [0.29, 0.717) is 6.54 Å². The monoisotopic (exact) mass is 367 g/mol. The van der Waals surface area contributed by atoms with E-state index < -0.39 is 23.6 Å². The Balaban J connectivity index is 0.000000487. The second kappa shape index (κ2) is 10.8. The van der Waals surface area contributed by atoms with E-state index in [1.807, 2.05) is 24.3 Å². The summed E-state index contributed by atoms with van der Waals surface area (Å²) >= 11 is 0. The van der Waals surface area contributed by atoms with E-state index in [1.165, 1.54) is 18.2 Å². The first-order valence-corrected chi connectivity index (χ1v) is 7.58. The van der Waals surface area contributed by atoms with E-state index >= 15 is 0 Å². The largest absolute Gasteiger partial charge is 0.497 e. The minimum atomic E-state index is -1.82. The fourth-order valence-corrected chi connectivity index (χ4v) is 1.98. The molecule has 0 aliphatic heterocycles. The zero-order valence-corrected chi connectivity index (χ0v) is 14.0. The summed E-state index contributed by atoms with van der Waals surface area (Å²) in [4.78, 5) is 18.2. The van der Waals surface area contributed by atoms with Gasteiger partial charge in [0, 0.05) is 12.1 Å². The van der Waals surface area contributed by atoms with Crippen LogP contribution in [-0.4, -0.2) is 35.8 Å². The maximum absolute atomic E-state index is 13.4. The number of carboxylic acids is 2. The molecule has 0 saturated carbocycles. The lowest BCUT2D eigenvalue weighted by Gasteiger charge is -2.08. The minimum Gasteiger partial charge on any atom is -0.497 e. The number of halogens is 2. The van der Waals surface area contributed by atoms with Crippen LogP contribution in [0.4, 0.5) is 8.78 Å². The zero-order valence-electron chi connectivity index (χ0n) is 14.0. The summed E-state index contributed by atoms with van der Waals surface area (Å²) in [6.07, 6.45) is 0.771. The Bertz CT molecular complexity index is 720. The number of carboxylic acid groups (broad SMARTS) is 2. The third-order valence-corrected chi connectivity index (χ3v) is 3.27. The van der Waals surface area contributed by atoms with Crippen LogP contribution >= 0.6 is 0 Å². The van der Waals surface area contributed by atoms with Crippen molar-refractivity contribution in [1.29, 1.82) is 0 Å². The molecule has 0 radical (unpaired) electrons. The van der Waals surface area contributed by atoms with Crippen LogP contribution in [0, 0.1) is 11.6 Å². The number of benzene rings is 2. The molecule has 0 unspecified atom stereocenters. The molecule has 0 amide bonds. The third-order valence-electron chi connectivity index (χ3n) is 3.27. The topological polar surface area (TPSA) is 95.9 Å². The predicted octanol–water partition coefficient (Wildman–Crippen LogP) is 2.46. The zero-order chi connectivity index (χ0) is 19.5. The Morgan fingerprint density at radius 3 is 2.15 bits per heavy atom. The highest BCUT2D eigenvalue weighted by atomic mass is 19.1. The average Bonchev–Trinajstić information content (AvgIpc) is 2.61. The first-order chi connectivity index (χ1) is 12.3. The van der Waals surface area contributed by atoms with E-state index in [1.54, 1.807) is 7.11 Å². The van der Waals surface area contributed by atoms with Crippen LogP contribution in [0.25, 0.3) is 0 Å². The van der Waals surface area contributed by atoms with Crippen LogP contribution in [0.1, 0.15) is 11.1 Å². The van der Waals surface area contributed by atoms with Gasteiger partial charge in [0.2, 0.25) is 0 Å². The molecule has 0 heterocycles. The van der Waals surface area contributed by atoms with Crippen molar-refractivity contribution >= 4 is 11.9 Å². The van der Waals surface area contributed by atoms with Crippen LogP contribution in [0.2, 0.25) is 0 Å². The molecule has 3 N–H and O–H groups in total. The average molecular weight is 367 g/mol. The van der Waals surface area contributed by atoms with Gasteiger partial charge >= 0.3 is 11.9 Å². The van der Waals surface area contributed by atoms with Crippen molar-refractivity contribution in [3.63, 3.8) is 0 Å². The van der Waals surface area contributed by atoms with Gasteiger partial charge in [-0.1, -0.05) is 18.2 Å². The molecule has 8 heteroatoms. The summed E-state index contributed by atoms with van der Waals surface area (Å²) in [5.41, 5.74) is 1.20. The van der Waals surface area contributed by atoms with Gasteiger partial charge in [-0.2, -0.15) is 0 Å². The van der Waals surface area contributed by atoms with Gasteiger partial charge in [0.25, 0.3) is 0 Å². The number of ether oxygens (including phenoxy) is 1. The standard InChI is InChI=1S/C16H17F2NO.C2H2O4/c1-20-13-5-2-4-12(10-13)8-9-19-11-14-15(17)6-3-7-16(14)18;3-1(4)2(5)6/h2-7,10,19H,8-9,11H2,1H3;(H,3,4)(H,5,6). The number of rotatable bonds is 6. The van der Waals surface area contributed by atoms with Gasteiger partial charge in [-0.15, -0.1) is 0 Å². The van der Waals surface area contributed by atoms with Crippen molar-refractivity contribution in [1.82, 2.24) is 5.32 Å². The minimum absolute atomic E-state index is 0.0816. The normalized spacial score (nSPS) is 9.81. The van der Waals surface area contributed by atoms with Gasteiger partial charge in [0.1, 0.15) is 17.4 Å². The molecule has 0 aromatic heterocycles. The Kier molecular flexibility index (Phi) is 8.72. The van der Waals surface area contributed by atoms with E-state index in [0.717, 1.165) is 17.7 Å². The fourth-order valence-electron chi connectivity index (χ4n) is 1.98. The first kappa shape index (κ1) is 21.0. The van der Waals surface area contributed by atoms with Crippen molar-refractivity contribution in [2.24, 2.45) is 0 Å². The number of hydrogen-bond acceptors (Lipinski definition) is 4. The predicted molar refractivity (Wildman–Crippen MR) is 90.0 cm³/mol. The summed E-state index contributed by atoms with van der Waals surface area (Å²) in [7, 11) is 1.62. The first-order valence-electron chi connectivity index (χ1n) is 7.58. The Hall–Kier alpha value is -3.00. The fraction of sp³-hybridized carbons (Fsp3) is 0.222. The molecule has 0 spiro atoms. The molecular formula is C18H19F2NO5. The molecule has 0 aliphatic carbocycles. The van der Waals surface area contributed by atoms with Gasteiger partial charge in [-0.05, 0) is 42.8 Å². The Labute approximate surface area is 149 Å². The molecular weight excluding hydrogens is 348 g/mol. The van der Waals surface area contributed by atoms with Crippen LogP contribution in [0.3, 0.4) is 0 Å². The van der Waals surface area contributed by atoms with Crippen molar-refractivity contribution in [3.05, 3.63) is 65.2 Å². The summed E-state index contributed by atoms with van der Waals surface area (Å²) < 4.78 is 31.9. The molecule has 2 aromatic carbocycles. The highest BCUT2D eigenvalue weighted by Gasteiger charge is 2.07. The smallest absolute Gasteiger partial charge is 0.414 e. The van der Waals surface area contributed by atoms with Crippen molar-refractivity contribution in [2.45, 2.75) is 13.0 Å². The molecule has 0 bridgehead atoms. The van der Waals surface area contributed by atoms with E-state index in [9.17, 15) is 8.78 Å². The third kappa shape index (κ3) is 7.27. The molecule has 0 aliphatic rings. The van der Waals surface area contributed by atoms with Gasteiger partial charge < -0.3 is 20.3 Å². The highest BCUT2D eigenvalue weighted by Crippen LogP contribution is 2.13. The number of methoxy groups -OCH3 is 1. The van der Waals surface area contributed by atoms with E-state index in [2.05, 4.69) is 5.32 Å². The summed E-state index contributed by atoms with van der Waals surface area (Å²) in [6, 6.07) is 11.6. The van der Waals surface area contributed by atoms with Gasteiger partial charge in [-0.3, -0.25) is 0 Å². The highest BCUT2D eigenvalue weighted by molar-refractivity contribution is 6.27. The lowest BCUT2D eigenvalue weighted by molar-refractivity contribution is -0.159. The molecule has 6 nitrogen and oxygen atoms in total. The van der Waals surface area contributed by atoms with E-state index in [-0.39, 0.29) is 12.1 Å². The Morgan fingerprint density at radius 2 is 1.62 bits per heavy atom. The maximum Gasteiger partial charge on any atom is 0.414 e. The SMILES string of the molecule is COc1cccc(CCNCc2c(F)cccc2F)c1.O=C(O)C(=O)O. The van der Waals surface area contributed by atoms with Crippen LogP contribution in [0.5, 0.6) is 5.75 Å². The second-order valence-electron chi connectivity index (χ2n) is 5.09. The summed E-state index contributed by atoms with van der Waals surface area (Å²) in [5.74, 6) is -3.87. The van der Waals surface area contributed by atoms with Crippen molar-refractivity contribution < 1.29 is 33.3 Å². The van der Waals surface area contributed by atoms with Gasteiger partial charge in [0.15, 0.2) is 0 Å². The van der Waals surface area contributed by atoms with Crippen LogP contribution in [0.15, 0.2) is 42.5 Å². The molecule has 26 heavy (non-hydrogen) atoms. The van der Waals surface area contributed by atoms with Gasteiger partial charge in [0.05, 0.1) is 7.11 Å². The van der Waals surface area contributed by atoms with E-state index in [4.69, 9.17) is 24.5 Å². The lowest BCUT2D eigenvalue weighted by Crippen LogP contribution is -2.18. The molecule has 0 atom stereocenters. The summed E-state index contributed by atoms with van der Waals surface area (Å²) in [5, 5.41) is 17.8. The molecule has 2 rings (SSSR count). The lowest BCUT2D eigenvalue weighted by atomic mass is 10.1.